The number of aromatic carboxylic acids is 1. The summed E-state index contributed by atoms with van der Waals surface area (Å²) >= 11 is 0. The minimum Gasteiger partial charge on any atom is -0.477 e. The lowest BCUT2D eigenvalue weighted by molar-refractivity contribution is 0.0686. The van der Waals surface area contributed by atoms with Gasteiger partial charge < -0.3 is 5.11 Å². The first-order valence-electron chi connectivity index (χ1n) is 7.25. The van der Waals surface area contributed by atoms with Crippen molar-refractivity contribution in [3.8, 4) is 0 Å². The highest BCUT2D eigenvalue weighted by Gasteiger charge is 2.25. The summed E-state index contributed by atoms with van der Waals surface area (Å²) in [6.45, 7) is 2.17. The molecule has 0 aromatic heterocycles. The van der Waals surface area contributed by atoms with Gasteiger partial charge in [-0.2, -0.15) is 0 Å². The standard InChI is InChI=1S/C16H20F2O2/c1-2-3-10-4-6-11(7-5-10)12-8-13(17)15(16(19)20)14(18)9-12/h8-11H,2-7H2,1H3,(H,19,20)/t10-,11-. The van der Waals surface area contributed by atoms with Crippen LogP contribution in [0.25, 0.3) is 0 Å². The van der Waals surface area contributed by atoms with Crippen molar-refractivity contribution in [1.82, 2.24) is 0 Å². The van der Waals surface area contributed by atoms with Gasteiger partial charge in [0.1, 0.15) is 17.2 Å². The second kappa shape index (κ2) is 6.33. The molecular formula is C16H20F2O2. The van der Waals surface area contributed by atoms with E-state index in [4.69, 9.17) is 5.11 Å². The largest absolute Gasteiger partial charge is 0.477 e. The van der Waals surface area contributed by atoms with E-state index in [1.165, 1.54) is 25.0 Å². The van der Waals surface area contributed by atoms with E-state index in [1.807, 2.05) is 0 Å². The Morgan fingerprint density at radius 3 is 2.20 bits per heavy atom. The first-order valence-corrected chi connectivity index (χ1v) is 7.25. The predicted molar refractivity (Wildman–Crippen MR) is 72.9 cm³/mol. The minimum atomic E-state index is -1.56. The van der Waals surface area contributed by atoms with Crippen LogP contribution in [0.2, 0.25) is 0 Å². The van der Waals surface area contributed by atoms with Crippen LogP contribution >= 0.6 is 0 Å². The Morgan fingerprint density at radius 1 is 1.20 bits per heavy atom. The predicted octanol–water partition coefficient (Wildman–Crippen LogP) is 4.74. The minimum absolute atomic E-state index is 0.148. The zero-order valence-corrected chi connectivity index (χ0v) is 11.7. The van der Waals surface area contributed by atoms with Crippen LogP contribution in [0.1, 0.15) is 67.3 Å². The highest BCUT2D eigenvalue weighted by molar-refractivity contribution is 5.88. The van der Waals surface area contributed by atoms with Crippen LogP contribution in [-0.2, 0) is 0 Å². The second-order valence-electron chi connectivity index (χ2n) is 5.67. The molecule has 1 aromatic carbocycles. The first kappa shape index (κ1) is 14.9. The van der Waals surface area contributed by atoms with Crippen LogP contribution in [-0.4, -0.2) is 11.1 Å². The maximum atomic E-state index is 13.7. The SMILES string of the molecule is CCC[C@H]1CC[C@H](c2cc(F)c(C(=O)O)c(F)c2)CC1. The van der Waals surface area contributed by atoms with Gasteiger partial charge in [0, 0.05) is 0 Å². The van der Waals surface area contributed by atoms with E-state index >= 15 is 0 Å². The van der Waals surface area contributed by atoms with Crippen molar-refractivity contribution in [1.29, 1.82) is 0 Å². The van der Waals surface area contributed by atoms with E-state index in [2.05, 4.69) is 6.92 Å². The van der Waals surface area contributed by atoms with Gasteiger partial charge in [-0.1, -0.05) is 19.8 Å². The van der Waals surface area contributed by atoms with E-state index in [9.17, 15) is 13.6 Å². The van der Waals surface area contributed by atoms with Crippen LogP contribution in [0.3, 0.4) is 0 Å². The summed E-state index contributed by atoms with van der Waals surface area (Å²) in [7, 11) is 0. The number of halogens is 2. The number of hydrogen-bond acceptors (Lipinski definition) is 1. The molecule has 2 nitrogen and oxygen atoms in total. The quantitative estimate of drug-likeness (QED) is 0.866. The zero-order chi connectivity index (χ0) is 14.7. The third-order valence-corrected chi connectivity index (χ3v) is 4.29. The Hall–Kier alpha value is -1.45. The summed E-state index contributed by atoms with van der Waals surface area (Å²) < 4.78 is 27.4. The lowest BCUT2D eigenvalue weighted by Gasteiger charge is -2.28. The average Bonchev–Trinajstić information content (AvgIpc) is 2.38. The summed E-state index contributed by atoms with van der Waals surface area (Å²) in [5.74, 6) is -2.62. The van der Waals surface area contributed by atoms with Crippen LogP contribution in [0.15, 0.2) is 12.1 Å². The van der Waals surface area contributed by atoms with Crippen molar-refractivity contribution in [3.05, 3.63) is 34.9 Å². The maximum Gasteiger partial charge on any atom is 0.341 e. The molecule has 0 unspecified atom stereocenters. The average molecular weight is 282 g/mol. The fourth-order valence-electron chi connectivity index (χ4n) is 3.23. The van der Waals surface area contributed by atoms with Gasteiger partial charge in [0.25, 0.3) is 0 Å². The second-order valence-corrected chi connectivity index (χ2v) is 5.67. The van der Waals surface area contributed by atoms with Crippen LogP contribution < -0.4 is 0 Å². The molecule has 0 saturated heterocycles. The van der Waals surface area contributed by atoms with Crippen LogP contribution in [0, 0.1) is 17.6 Å². The highest BCUT2D eigenvalue weighted by atomic mass is 19.1. The maximum absolute atomic E-state index is 13.7. The Morgan fingerprint density at radius 2 is 1.75 bits per heavy atom. The number of hydrogen-bond donors (Lipinski definition) is 1. The number of carboxylic acids is 1. The van der Waals surface area contributed by atoms with Crippen molar-refractivity contribution in [2.45, 2.75) is 51.4 Å². The molecule has 0 bridgehead atoms. The molecule has 1 aromatic rings. The lowest BCUT2D eigenvalue weighted by atomic mass is 9.77. The van der Waals surface area contributed by atoms with Crippen molar-refractivity contribution < 1.29 is 18.7 Å². The molecule has 1 aliphatic carbocycles. The van der Waals surface area contributed by atoms with Gasteiger partial charge in [0.05, 0.1) is 0 Å². The summed E-state index contributed by atoms with van der Waals surface area (Å²) in [6.07, 6.45) is 6.41. The van der Waals surface area contributed by atoms with Gasteiger partial charge >= 0.3 is 5.97 Å². The molecule has 1 fully saturated rings. The molecule has 4 heteroatoms. The normalized spacial score (nSPS) is 22.8. The number of carboxylic acid groups (broad SMARTS) is 1. The Balaban J connectivity index is 2.13. The number of benzene rings is 1. The molecule has 2 rings (SSSR count). The van der Waals surface area contributed by atoms with Crippen molar-refractivity contribution in [2.75, 3.05) is 0 Å². The molecule has 0 spiro atoms. The van der Waals surface area contributed by atoms with Crippen molar-refractivity contribution >= 4 is 5.97 Å². The van der Waals surface area contributed by atoms with E-state index in [1.54, 1.807) is 0 Å². The van der Waals surface area contributed by atoms with Gasteiger partial charge in [0.2, 0.25) is 0 Å². The fourth-order valence-corrected chi connectivity index (χ4v) is 3.23. The topological polar surface area (TPSA) is 37.3 Å². The monoisotopic (exact) mass is 282 g/mol. The Labute approximate surface area is 117 Å². The summed E-state index contributed by atoms with van der Waals surface area (Å²) in [5.41, 5.74) is -0.256. The van der Waals surface area contributed by atoms with Gasteiger partial charge in [-0.05, 0) is 55.2 Å². The smallest absolute Gasteiger partial charge is 0.341 e. The van der Waals surface area contributed by atoms with Crippen LogP contribution in [0.4, 0.5) is 8.78 Å². The molecule has 1 N–H and O–H groups in total. The fraction of sp³-hybridized carbons (Fsp3) is 0.562. The number of rotatable bonds is 4. The van der Waals surface area contributed by atoms with E-state index in [0.29, 0.717) is 5.56 Å². The third kappa shape index (κ3) is 3.17. The molecule has 0 heterocycles. The molecule has 0 atom stereocenters. The molecule has 1 saturated carbocycles. The lowest BCUT2D eigenvalue weighted by Crippen LogP contribution is -2.14. The molecule has 110 valence electrons. The zero-order valence-electron chi connectivity index (χ0n) is 11.7. The molecule has 0 aliphatic heterocycles. The third-order valence-electron chi connectivity index (χ3n) is 4.29. The molecule has 1 aliphatic rings. The van der Waals surface area contributed by atoms with Crippen molar-refractivity contribution in [3.63, 3.8) is 0 Å². The molecule has 0 radical (unpaired) electrons. The van der Waals surface area contributed by atoms with Crippen molar-refractivity contribution in [2.24, 2.45) is 5.92 Å². The Bertz CT molecular complexity index is 468. The van der Waals surface area contributed by atoms with Gasteiger partial charge in [-0.15, -0.1) is 0 Å². The van der Waals surface area contributed by atoms with Gasteiger partial charge in [-0.25, -0.2) is 13.6 Å². The number of carbonyl (C=O) groups is 1. The first-order chi connectivity index (χ1) is 9.52. The Kier molecular flexibility index (Phi) is 4.73. The summed E-state index contributed by atoms with van der Waals surface area (Å²) in [5, 5.41) is 8.76. The van der Waals surface area contributed by atoms with E-state index in [-0.39, 0.29) is 5.92 Å². The van der Waals surface area contributed by atoms with E-state index in [0.717, 1.165) is 31.6 Å². The van der Waals surface area contributed by atoms with E-state index < -0.39 is 23.2 Å². The molecular weight excluding hydrogens is 262 g/mol. The highest BCUT2D eigenvalue weighted by Crippen LogP contribution is 2.38. The van der Waals surface area contributed by atoms with Gasteiger partial charge in [-0.3, -0.25) is 0 Å². The summed E-state index contributed by atoms with van der Waals surface area (Å²) in [4.78, 5) is 10.8. The molecule has 0 amide bonds. The molecule has 20 heavy (non-hydrogen) atoms. The summed E-state index contributed by atoms with van der Waals surface area (Å²) in [6, 6.07) is 2.38. The van der Waals surface area contributed by atoms with Gasteiger partial charge in [0.15, 0.2) is 0 Å². The van der Waals surface area contributed by atoms with Crippen LogP contribution in [0.5, 0.6) is 0 Å².